The molecule has 0 aliphatic carbocycles. The highest BCUT2D eigenvalue weighted by Gasteiger charge is 2.22. The minimum Gasteiger partial charge on any atom is -0.451 e. The average molecular weight is 390 g/mol. The molecule has 0 radical (unpaired) electrons. The number of fused-ring (bicyclic) bond motifs is 2. The van der Waals surface area contributed by atoms with E-state index in [0.29, 0.717) is 23.0 Å². The van der Waals surface area contributed by atoms with Crippen LogP contribution in [-0.2, 0) is 17.7 Å². The Balaban J connectivity index is 1.57. The van der Waals surface area contributed by atoms with E-state index >= 15 is 0 Å². The van der Waals surface area contributed by atoms with Crippen molar-refractivity contribution in [1.29, 1.82) is 0 Å². The van der Waals surface area contributed by atoms with Crippen molar-refractivity contribution in [3.63, 3.8) is 0 Å². The Kier molecular flexibility index (Phi) is 4.78. The SMILES string of the molecule is Cc1ccc(C(=O)[C@H](C)OC(=O)c2ccc3c(=O)n4c(nc3c2)CCC4)cc1C. The van der Waals surface area contributed by atoms with E-state index in [1.165, 1.54) is 0 Å². The fourth-order valence-corrected chi connectivity index (χ4v) is 3.62. The van der Waals surface area contributed by atoms with E-state index < -0.39 is 12.1 Å². The van der Waals surface area contributed by atoms with Crippen molar-refractivity contribution < 1.29 is 14.3 Å². The second kappa shape index (κ2) is 7.28. The molecule has 1 atom stereocenters. The van der Waals surface area contributed by atoms with Gasteiger partial charge in [0.25, 0.3) is 5.56 Å². The van der Waals surface area contributed by atoms with Gasteiger partial charge in [0.15, 0.2) is 6.10 Å². The lowest BCUT2D eigenvalue weighted by molar-refractivity contribution is 0.0319. The van der Waals surface area contributed by atoms with Crippen LogP contribution in [0, 0.1) is 13.8 Å². The van der Waals surface area contributed by atoms with Crippen LogP contribution in [0.3, 0.4) is 0 Å². The van der Waals surface area contributed by atoms with Crippen molar-refractivity contribution in [3.8, 4) is 0 Å². The molecular formula is C23H22N2O4. The van der Waals surface area contributed by atoms with Crippen LogP contribution in [0.4, 0.5) is 0 Å². The molecule has 0 bridgehead atoms. The van der Waals surface area contributed by atoms with E-state index in [0.717, 1.165) is 29.8 Å². The number of carbonyl (C=O) groups is 2. The van der Waals surface area contributed by atoms with Crippen LogP contribution in [-0.4, -0.2) is 27.4 Å². The molecule has 4 rings (SSSR count). The van der Waals surface area contributed by atoms with E-state index in [2.05, 4.69) is 4.98 Å². The highest BCUT2D eigenvalue weighted by Crippen LogP contribution is 2.18. The average Bonchev–Trinajstić information content (AvgIpc) is 3.18. The lowest BCUT2D eigenvalue weighted by Crippen LogP contribution is -2.25. The predicted molar refractivity (Wildman–Crippen MR) is 109 cm³/mol. The number of esters is 1. The second-order valence-corrected chi connectivity index (χ2v) is 7.53. The number of Topliss-reactive ketones (excluding diaryl/α,β-unsaturated/α-hetero) is 1. The Morgan fingerprint density at radius 1 is 1.07 bits per heavy atom. The topological polar surface area (TPSA) is 78.3 Å². The van der Waals surface area contributed by atoms with Gasteiger partial charge < -0.3 is 4.74 Å². The molecule has 2 heterocycles. The third kappa shape index (κ3) is 3.46. The third-order valence-electron chi connectivity index (χ3n) is 5.50. The lowest BCUT2D eigenvalue weighted by Gasteiger charge is -2.13. The van der Waals surface area contributed by atoms with Crippen molar-refractivity contribution in [2.24, 2.45) is 0 Å². The summed E-state index contributed by atoms with van der Waals surface area (Å²) in [5.74, 6) is -0.123. The van der Waals surface area contributed by atoms with Crippen molar-refractivity contribution in [2.45, 2.75) is 46.3 Å². The number of aryl methyl sites for hydroxylation is 3. The van der Waals surface area contributed by atoms with Gasteiger partial charge in [0.05, 0.1) is 16.5 Å². The maximum atomic E-state index is 12.6. The van der Waals surface area contributed by atoms with Gasteiger partial charge in [-0.2, -0.15) is 0 Å². The summed E-state index contributed by atoms with van der Waals surface area (Å²) in [7, 11) is 0. The highest BCUT2D eigenvalue weighted by molar-refractivity contribution is 6.02. The first-order valence-electron chi connectivity index (χ1n) is 9.71. The molecule has 6 heteroatoms. The van der Waals surface area contributed by atoms with Gasteiger partial charge in [0, 0.05) is 18.5 Å². The minimum atomic E-state index is -0.918. The molecule has 1 aliphatic heterocycles. The molecule has 0 fully saturated rings. The Hall–Kier alpha value is -3.28. The lowest BCUT2D eigenvalue weighted by atomic mass is 10.0. The van der Waals surface area contributed by atoms with Crippen molar-refractivity contribution in [2.75, 3.05) is 0 Å². The van der Waals surface area contributed by atoms with Crippen molar-refractivity contribution in [1.82, 2.24) is 9.55 Å². The van der Waals surface area contributed by atoms with Gasteiger partial charge >= 0.3 is 5.97 Å². The van der Waals surface area contributed by atoms with Gasteiger partial charge in [0.1, 0.15) is 5.82 Å². The Bertz CT molecular complexity index is 1210. The van der Waals surface area contributed by atoms with Crippen molar-refractivity contribution >= 4 is 22.7 Å². The largest absolute Gasteiger partial charge is 0.451 e. The van der Waals surface area contributed by atoms with E-state index in [-0.39, 0.29) is 16.9 Å². The number of ketones is 1. The molecule has 3 aromatic rings. The molecule has 0 unspecified atom stereocenters. The molecule has 29 heavy (non-hydrogen) atoms. The van der Waals surface area contributed by atoms with E-state index in [4.69, 9.17) is 4.74 Å². The Morgan fingerprint density at radius 3 is 2.59 bits per heavy atom. The van der Waals surface area contributed by atoms with Gasteiger partial charge in [-0.3, -0.25) is 14.2 Å². The first kappa shape index (κ1) is 19.1. The maximum Gasteiger partial charge on any atom is 0.338 e. The van der Waals surface area contributed by atoms with Crippen LogP contribution in [0.15, 0.2) is 41.2 Å². The van der Waals surface area contributed by atoms with Gasteiger partial charge in [-0.05, 0) is 62.6 Å². The standard InChI is InChI=1S/C23H22N2O4/c1-13-6-7-16(11-14(13)2)21(26)15(3)29-23(28)17-8-9-18-19(12-17)24-20-5-4-10-25(20)22(18)27/h6-9,11-12,15H,4-5,10H2,1-3H3/t15-/m0/s1. The molecule has 0 N–H and O–H groups in total. The summed E-state index contributed by atoms with van der Waals surface area (Å²) < 4.78 is 7.08. The normalized spacial score (nSPS) is 13.9. The van der Waals surface area contributed by atoms with Gasteiger partial charge in [0.2, 0.25) is 5.78 Å². The number of benzene rings is 2. The number of ether oxygens (including phenoxy) is 1. The molecule has 6 nitrogen and oxygen atoms in total. The van der Waals surface area contributed by atoms with Crippen LogP contribution in [0.1, 0.15) is 51.0 Å². The predicted octanol–water partition coefficient (Wildman–Crippen LogP) is 3.39. The molecule has 1 aromatic heterocycles. The number of rotatable bonds is 4. The van der Waals surface area contributed by atoms with Gasteiger partial charge in [-0.25, -0.2) is 9.78 Å². The summed E-state index contributed by atoms with van der Waals surface area (Å²) in [6.45, 7) is 6.15. The van der Waals surface area contributed by atoms with Gasteiger partial charge in [-0.15, -0.1) is 0 Å². The molecular weight excluding hydrogens is 368 g/mol. The quantitative estimate of drug-likeness (QED) is 0.504. The number of aromatic nitrogens is 2. The van der Waals surface area contributed by atoms with Crippen LogP contribution in [0.5, 0.6) is 0 Å². The van der Waals surface area contributed by atoms with Crippen LogP contribution >= 0.6 is 0 Å². The van der Waals surface area contributed by atoms with Crippen molar-refractivity contribution in [3.05, 3.63) is 74.8 Å². The van der Waals surface area contributed by atoms with E-state index in [1.54, 1.807) is 41.8 Å². The number of carbonyl (C=O) groups excluding carboxylic acids is 2. The zero-order valence-electron chi connectivity index (χ0n) is 16.7. The zero-order chi connectivity index (χ0) is 20.7. The maximum absolute atomic E-state index is 12.6. The van der Waals surface area contributed by atoms with E-state index in [9.17, 15) is 14.4 Å². The first-order valence-corrected chi connectivity index (χ1v) is 9.71. The molecule has 0 saturated carbocycles. The summed E-state index contributed by atoms with van der Waals surface area (Å²) in [5, 5.41) is 0.478. The summed E-state index contributed by atoms with van der Waals surface area (Å²) in [6, 6.07) is 10.1. The van der Waals surface area contributed by atoms with Crippen LogP contribution < -0.4 is 5.56 Å². The van der Waals surface area contributed by atoms with Gasteiger partial charge in [-0.1, -0.05) is 12.1 Å². The van der Waals surface area contributed by atoms with E-state index in [1.807, 2.05) is 19.9 Å². The molecule has 2 aromatic carbocycles. The molecule has 0 spiro atoms. The summed E-state index contributed by atoms with van der Waals surface area (Å²) in [4.78, 5) is 42.3. The molecule has 0 saturated heterocycles. The van der Waals surface area contributed by atoms with Crippen LogP contribution in [0.2, 0.25) is 0 Å². The molecule has 148 valence electrons. The number of nitrogens with zero attached hydrogens (tertiary/aromatic N) is 2. The first-order chi connectivity index (χ1) is 13.8. The third-order valence-corrected chi connectivity index (χ3v) is 5.50. The molecule has 1 aliphatic rings. The molecule has 0 amide bonds. The summed E-state index contributed by atoms with van der Waals surface area (Å²) in [5.41, 5.74) is 3.28. The minimum absolute atomic E-state index is 0.0827. The number of hydrogen-bond acceptors (Lipinski definition) is 5. The smallest absolute Gasteiger partial charge is 0.338 e. The summed E-state index contributed by atoms with van der Waals surface area (Å²) in [6.07, 6.45) is 0.728. The monoisotopic (exact) mass is 390 g/mol. The zero-order valence-corrected chi connectivity index (χ0v) is 16.7. The van der Waals surface area contributed by atoms with Crippen LogP contribution in [0.25, 0.3) is 10.9 Å². The second-order valence-electron chi connectivity index (χ2n) is 7.53. The summed E-state index contributed by atoms with van der Waals surface area (Å²) >= 11 is 0. The number of hydrogen-bond donors (Lipinski definition) is 0. The Morgan fingerprint density at radius 2 is 1.83 bits per heavy atom. The Labute approximate surface area is 168 Å². The fraction of sp³-hybridized carbons (Fsp3) is 0.304. The fourth-order valence-electron chi connectivity index (χ4n) is 3.62. The highest BCUT2D eigenvalue weighted by atomic mass is 16.5.